The Kier molecular flexibility index (Phi) is 4.59. The Hall–Kier alpha value is -2.38. The summed E-state index contributed by atoms with van der Waals surface area (Å²) in [5, 5.41) is 0. The number of hydrogen-bond acceptors (Lipinski definition) is 5. The predicted octanol–water partition coefficient (Wildman–Crippen LogP) is 1.23. The van der Waals surface area contributed by atoms with Crippen molar-refractivity contribution >= 4 is 11.8 Å². The first-order valence-electron chi connectivity index (χ1n) is 10.3. The van der Waals surface area contributed by atoms with Crippen LogP contribution in [-0.2, 0) is 25.6 Å². The monoisotopic (exact) mass is 398 g/mol. The van der Waals surface area contributed by atoms with Gasteiger partial charge in [0.1, 0.15) is 11.4 Å². The van der Waals surface area contributed by atoms with E-state index in [1.807, 2.05) is 46.2 Å². The van der Waals surface area contributed by atoms with Crippen LogP contribution in [0.3, 0.4) is 0 Å². The molecule has 2 bridgehead atoms. The minimum atomic E-state index is -0.677. The minimum absolute atomic E-state index is 0.00379. The van der Waals surface area contributed by atoms with Crippen LogP contribution < -0.4 is 4.74 Å². The van der Waals surface area contributed by atoms with E-state index in [2.05, 4.69) is 0 Å². The maximum atomic E-state index is 13.4. The molecule has 4 heterocycles. The van der Waals surface area contributed by atoms with E-state index in [9.17, 15) is 9.59 Å². The molecule has 5 rings (SSSR count). The van der Waals surface area contributed by atoms with E-state index in [0.717, 1.165) is 17.7 Å². The fourth-order valence-corrected chi connectivity index (χ4v) is 5.16. The third-order valence-corrected chi connectivity index (χ3v) is 6.51. The smallest absolute Gasteiger partial charge is 0.230 e. The molecule has 3 fully saturated rings. The number of carbonyl (C=O) groups excluding carboxylic acids is 2. The lowest BCUT2D eigenvalue weighted by Crippen LogP contribution is -2.46. The van der Waals surface area contributed by atoms with E-state index in [1.54, 1.807) is 7.11 Å². The highest BCUT2D eigenvalue weighted by Gasteiger charge is 2.67. The zero-order valence-corrected chi connectivity index (χ0v) is 16.6. The van der Waals surface area contributed by atoms with Crippen molar-refractivity contribution < 1.29 is 23.8 Å². The summed E-state index contributed by atoms with van der Waals surface area (Å²) in [6, 6.07) is 7.72. The van der Waals surface area contributed by atoms with E-state index in [-0.39, 0.29) is 17.9 Å². The second-order valence-corrected chi connectivity index (χ2v) is 8.24. The molecule has 0 unspecified atom stereocenters. The first-order valence-corrected chi connectivity index (χ1v) is 10.3. The van der Waals surface area contributed by atoms with Crippen LogP contribution in [0.5, 0.6) is 5.75 Å². The van der Waals surface area contributed by atoms with Gasteiger partial charge in [0.25, 0.3) is 0 Å². The minimum Gasteiger partial charge on any atom is -0.497 e. The molecule has 4 aliphatic heterocycles. The molecule has 0 radical (unpaired) electrons. The van der Waals surface area contributed by atoms with Crippen molar-refractivity contribution in [2.24, 2.45) is 11.8 Å². The summed E-state index contributed by atoms with van der Waals surface area (Å²) in [7, 11) is 1.63. The first kappa shape index (κ1) is 18.6. The van der Waals surface area contributed by atoms with Crippen LogP contribution in [0.1, 0.15) is 12.0 Å². The van der Waals surface area contributed by atoms with Gasteiger partial charge in [-0.1, -0.05) is 24.3 Å². The van der Waals surface area contributed by atoms with E-state index in [1.165, 1.54) is 0 Å². The second-order valence-electron chi connectivity index (χ2n) is 8.24. The van der Waals surface area contributed by atoms with Crippen molar-refractivity contribution in [1.82, 2.24) is 9.80 Å². The van der Waals surface area contributed by atoms with Gasteiger partial charge in [0.2, 0.25) is 11.8 Å². The van der Waals surface area contributed by atoms with E-state index in [4.69, 9.17) is 14.2 Å². The molecule has 7 nitrogen and oxygen atoms in total. The van der Waals surface area contributed by atoms with Crippen LogP contribution in [0.15, 0.2) is 36.4 Å². The molecular formula is C22H26N2O5. The highest BCUT2D eigenvalue weighted by atomic mass is 16.5. The molecule has 1 aromatic carbocycles. The molecule has 154 valence electrons. The number of amides is 2. The summed E-state index contributed by atoms with van der Waals surface area (Å²) in [4.78, 5) is 30.4. The third-order valence-electron chi connectivity index (χ3n) is 6.51. The highest BCUT2D eigenvalue weighted by molar-refractivity contribution is 5.93. The average molecular weight is 398 g/mol. The van der Waals surface area contributed by atoms with E-state index in [0.29, 0.717) is 39.4 Å². The van der Waals surface area contributed by atoms with Crippen LogP contribution in [-0.4, -0.2) is 73.3 Å². The number of fused-ring (bicyclic) bond motifs is 1. The van der Waals surface area contributed by atoms with Crippen LogP contribution >= 0.6 is 0 Å². The van der Waals surface area contributed by atoms with Gasteiger partial charge in [-0.3, -0.25) is 9.59 Å². The molecule has 0 aliphatic carbocycles. The lowest BCUT2D eigenvalue weighted by molar-refractivity contribution is -0.143. The van der Waals surface area contributed by atoms with Crippen LogP contribution in [0.2, 0.25) is 0 Å². The Bertz CT molecular complexity index is 847. The van der Waals surface area contributed by atoms with Crippen molar-refractivity contribution in [2.75, 3.05) is 40.0 Å². The maximum Gasteiger partial charge on any atom is 0.230 e. The molecule has 1 spiro atoms. The maximum absolute atomic E-state index is 13.4. The van der Waals surface area contributed by atoms with Gasteiger partial charge in [-0.25, -0.2) is 0 Å². The Morgan fingerprint density at radius 3 is 3.07 bits per heavy atom. The highest BCUT2D eigenvalue weighted by Crippen LogP contribution is 2.52. The molecule has 1 aromatic rings. The number of benzene rings is 1. The quantitative estimate of drug-likeness (QED) is 0.714. The fraction of sp³-hybridized carbons (Fsp3) is 0.545. The molecular weight excluding hydrogens is 372 g/mol. The number of hydrogen-bond donors (Lipinski definition) is 0. The number of carbonyl (C=O) groups is 2. The largest absolute Gasteiger partial charge is 0.497 e. The van der Waals surface area contributed by atoms with Gasteiger partial charge in [0.15, 0.2) is 0 Å². The topological polar surface area (TPSA) is 68.3 Å². The van der Waals surface area contributed by atoms with Crippen LogP contribution in [0.4, 0.5) is 0 Å². The van der Waals surface area contributed by atoms with Crippen LogP contribution in [0, 0.1) is 11.8 Å². The molecule has 4 aliphatic rings. The molecule has 2 amide bonds. The average Bonchev–Trinajstić information content (AvgIpc) is 3.26. The SMILES string of the molecule is COc1cccc(CN2C[C@]34C=C[C@H](O3)[C@H](C(=O)N3CCCOCC3)[C@@H]4C2=O)c1. The first-order chi connectivity index (χ1) is 14.1. The number of methoxy groups -OCH3 is 1. The van der Waals surface area contributed by atoms with Crippen molar-refractivity contribution in [1.29, 1.82) is 0 Å². The Morgan fingerprint density at radius 2 is 2.21 bits per heavy atom. The zero-order valence-electron chi connectivity index (χ0n) is 16.6. The normalized spacial score (nSPS) is 33.1. The van der Waals surface area contributed by atoms with E-state index >= 15 is 0 Å². The summed E-state index contributed by atoms with van der Waals surface area (Å²) in [5.74, 6) is -0.0981. The molecule has 0 saturated carbocycles. The van der Waals surface area contributed by atoms with Crippen molar-refractivity contribution in [3.63, 3.8) is 0 Å². The number of likely N-dealkylation sites (tertiary alicyclic amines) is 1. The summed E-state index contributed by atoms with van der Waals surface area (Å²) in [6.07, 6.45) is 4.49. The molecule has 7 heteroatoms. The molecule has 29 heavy (non-hydrogen) atoms. The van der Waals surface area contributed by atoms with Gasteiger partial charge < -0.3 is 24.0 Å². The number of rotatable bonds is 4. The summed E-state index contributed by atoms with van der Waals surface area (Å²) in [5.41, 5.74) is 0.323. The van der Waals surface area contributed by atoms with Gasteiger partial charge in [0.05, 0.1) is 38.2 Å². The molecule has 0 aromatic heterocycles. The van der Waals surface area contributed by atoms with Crippen molar-refractivity contribution in [2.45, 2.75) is 24.7 Å². The summed E-state index contributed by atoms with van der Waals surface area (Å²) in [6.45, 7) is 3.43. The summed E-state index contributed by atoms with van der Waals surface area (Å²) < 4.78 is 17.0. The van der Waals surface area contributed by atoms with E-state index < -0.39 is 17.4 Å². The van der Waals surface area contributed by atoms with Crippen molar-refractivity contribution in [3.05, 3.63) is 42.0 Å². The number of nitrogens with zero attached hydrogens (tertiary/aromatic N) is 2. The summed E-state index contributed by atoms with van der Waals surface area (Å²) >= 11 is 0. The predicted molar refractivity (Wildman–Crippen MR) is 104 cm³/mol. The van der Waals surface area contributed by atoms with Crippen LogP contribution in [0.25, 0.3) is 0 Å². The van der Waals surface area contributed by atoms with Gasteiger partial charge in [-0.2, -0.15) is 0 Å². The Balaban J connectivity index is 1.37. The number of ether oxygens (including phenoxy) is 3. The molecule has 3 saturated heterocycles. The fourth-order valence-electron chi connectivity index (χ4n) is 5.16. The standard InChI is InChI=1S/C22H26N2O5/c1-27-16-5-2-4-15(12-16)13-24-14-22-7-6-17(29-22)18(19(22)21(24)26)20(25)23-8-3-10-28-11-9-23/h2,4-7,12,17-19H,3,8-11,13-14H2,1H3/t17-,18-,19+,22-/m0/s1. The zero-order chi connectivity index (χ0) is 20.0. The molecule has 0 N–H and O–H groups in total. The Labute approximate surface area is 170 Å². The lowest BCUT2D eigenvalue weighted by Gasteiger charge is -2.29. The van der Waals surface area contributed by atoms with Gasteiger partial charge in [-0.05, 0) is 24.1 Å². The third kappa shape index (κ3) is 3.04. The second kappa shape index (κ2) is 7.15. The van der Waals surface area contributed by atoms with Gasteiger partial charge >= 0.3 is 0 Å². The lowest BCUT2D eigenvalue weighted by atomic mass is 9.76. The van der Waals surface area contributed by atoms with Gasteiger partial charge in [0, 0.05) is 26.2 Å². The van der Waals surface area contributed by atoms with Crippen molar-refractivity contribution in [3.8, 4) is 5.75 Å². The van der Waals surface area contributed by atoms with Gasteiger partial charge in [-0.15, -0.1) is 0 Å². The molecule has 4 atom stereocenters. The Morgan fingerprint density at radius 1 is 1.31 bits per heavy atom.